The first kappa shape index (κ1) is 30.9. The SMILES string of the molecule is COc1cccc(-c2nc3ccc(OCCC4CCCCN4C(=O)OC(C)(C)C)cc3c(=O)n2C(C(N)=O)C(C)C)c1. The Morgan fingerprint density at radius 3 is 2.52 bits per heavy atom. The molecule has 0 saturated carbocycles. The fourth-order valence-corrected chi connectivity index (χ4v) is 5.42. The maximum atomic E-state index is 14.0. The molecule has 42 heavy (non-hydrogen) atoms. The standard InChI is InChI=1S/C32H42N4O6/c1-20(2)27(28(33)37)36-29(21-10-9-12-23(18-21)40-6)34-26-14-13-24(19-25(26)30(36)38)41-17-15-22-11-7-8-16-35(22)31(39)42-32(3,4)5/h9-10,12-14,18-20,22,27H,7-8,11,15-17H2,1-6H3,(H2,33,37). The van der Waals surface area contributed by atoms with Gasteiger partial charge in [-0.25, -0.2) is 9.78 Å². The average molecular weight is 579 g/mol. The molecule has 226 valence electrons. The van der Waals surface area contributed by atoms with Gasteiger partial charge in [0.2, 0.25) is 5.91 Å². The number of methoxy groups -OCH3 is 1. The summed E-state index contributed by atoms with van der Waals surface area (Å²) in [5.74, 6) is 0.554. The average Bonchev–Trinajstić information content (AvgIpc) is 2.93. The second-order valence-electron chi connectivity index (χ2n) is 12.1. The molecule has 2 N–H and O–H groups in total. The molecule has 0 aliphatic carbocycles. The molecule has 3 aromatic rings. The summed E-state index contributed by atoms with van der Waals surface area (Å²) in [6.45, 7) is 10.3. The zero-order chi connectivity index (χ0) is 30.6. The van der Waals surface area contributed by atoms with Gasteiger partial charge in [0.25, 0.3) is 5.56 Å². The Hall–Kier alpha value is -4.08. The van der Waals surface area contributed by atoms with E-state index in [1.54, 1.807) is 48.4 Å². The van der Waals surface area contributed by atoms with Gasteiger partial charge in [-0.1, -0.05) is 26.0 Å². The van der Waals surface area contributed by atoms with E-state index in [2.05, 4.69) is 0 Å². The third-order valence-electron chi connectivity index (χ3n) is 7.38. The van der Waals surface area contributed by atoms with Crippen molar-refractivity contribution in [1.29, 1.82) is 0 Å². The van der Waals surface area contributed by atoms with Gasteiger partial charge in [0.15, 0.2) is 0 Å². The van der Waals surface area contributed by atoms with Crippen molar-refractivity contribution in [3.63, 3.8) is 0 Å². The second kappa shape index (κ2) is 12.8. The number of fused-ring (bicyclic) bond motifs is 1. The molecule has 10 heteroatoms. The Labute approximate surface area is 246 Å². The van der Waals surface area contributed by atoms with Gasteiger partial charge in [-0.3, -0.25) is 14.2 Å². The first-order valence-electron chi connectivity index (χ1n) is 14.5. The Morgan fingerprint density at radius 1 is 1.10 bits per heavy atom. The molecule has 0 spiro atoms. The van der Waals surface area contributed by atoms with E-state index in [0.717, 1.165) is 19.3 Å². The number of aromatic nitrogens is 2. The zero-order valence-corrected chi connectivity index (χ0v) is 25.4. The van der Waals surface area contributed by atoms with Gasteiger partial charge >= 0.3 is 6.09 Å². The number of nitrogens with zero attached hydrogens (tertiary/aromatic N) is 3. The molecular weight excluding hydrogens is 536 g/mol. The monoisotopic (exact) mass is 578 g/mol. The topological polar surface area (TPSA) is 126 Å². The summed E-state index contributed by atoms with van der Waals surface area (Å²) in [6, 6.07) is 11.5. The molecule has 10 nitrogen and oxygen atoms in total. The van der Waals surface area contributed by atoms with Crippen molar-refractivity contribution < 1.29 is 23.8 Å². The molecule has 1 fully saturated rings. The van der Waals surface area contributed by atoms with Crippen LogP contribution in [0.1, 0.15) is 66.3 Å². The quantitative estimate of drug-likeness (QED) is 0.365. The lowest BCUT2D eigenvalue weighted by Gasteiger charge is -2.36. The van der Waals surface area contributed by atoms with E-state index in [4.69, 9.17) is 24.9 Å². The lowest BCUT2D eigenvalue weighted by atomic mass is 10.0. The number of amides is 2. The van der Waals surface area contributed by atoms with Crippen LogP contribution in [0.5, 0.6) is 11.5 Å². The van der Waals surface area contributed by atoms with Crippen molar-refractivity contribution in [3.8, 4) is 22.9 Å². The number of ether oxygens (including phenoxy) is 3. The van der Waals surface area contributed by atoms with Gasteiger partial charge in [-0.05, 0) is 76.3 Å². The summed E-state index contributed by atoms with van der Waals surface area (Å²) in [7, 11) is 1.56. The highest BCUT2D eigenvalue weighted by molar-refractivity contribution is 5.84. The molecule has 2 heterocycles. The Morgan fingerprint density at radius 2 is 1.86 bits per heavy atom. The van der Waals surface area contributed by atoms with E-state index in [9.17, 15) is 14.4 Å². The molecule has 2 atom stereocenters. The molecule has 0 radical (unpaired) electrons. The first-order chi connectivity index (χ1) is 19.9. The van der Waals surface area contributed by atoms with Crippen LogP contribution in [0.15, 0.2) is 47.3 Å². The Kier molecular flexibility index (Phi) is 9.43. The van der Waals surface area contributed by atoms with E-state index >= 15 is 0 Å². The van der Waals surface area contributed by atoms with Crippen LogP contribution in [-0.2, 0) is 9.53 Å². The molecule has 1 saturated heterocycles. The maximum Gasteiger partial charge on any atom is 0.410 e. The van der Waals surface area contributed by atoms with Crippen molar-refractivity contribution in [2.45, 2.75) is 78.0 Å². The number of primary amides is 1. The predicted molar refractivity (Wildman–Crippen MR) is 162 cm³/mol. The van der Waals surface area contributed by atoms with Gasteiger partial charge in [0, 0.05) is 24.6 Å². The summed E-state index contributed by atoms with van der Waals surface area (Å²) in [5, 5.41) is 0.319. The van der Waals surface area contributed by atoms with E-state index in [-0.39, 0.29) is 23.6 Å². The normalized spacial score (nSPS) is 16.4. The van der Waals surface area contributed by atoms with Crippen LogP contribution in [0.3, 0.4) is 0 Å². The summed E-state index contributed by atoms with van der Waals surface area (Å²) < 4.78 is 18.5. The smallest absolute Gasteiger partial charge is 0.410 e. The molecule has 1 aromatic heterocycles. The maximum absolute atomic E-state index is 14.0. The van der Waals surface area contributed by atoms with Crippen molar-refractivity contribution >= 4 is 22.9 Å². The van der Waals surface area contributed by atoms with Crippen LogP contribution < -0.4 is 20.8 Å². The molecule has 0 bridgehead atoms. The number of hydrogen-bond donors (Lipinski definition) is 1. The number of carbonyl (C=O) groups excluding carboxylic acids is 2. The first-order valence-corrected chi connectivity index (χ1v) is 14.5. The molecule has 1 aliphatic heterocycles. The lowest BCUT2D eigenvalue weighted by molar-refractivity contribution is -0.122. The number of hydrogen-bond acceptors (Lipinski definition) is 7. The van der Waals surface area contributed by atoms with Crippen LogP contribution >= 0.6 is 0 Å². The van der Waals surface area contributed by atoms with Crippen LogP contribution in [0.2, 0.25) is 0 Å². The summed E-state index contributed by atoms with van der Waals surface area (Å²) in [5.41, 5.74) is 5.96. The van der Waals surface area contributed by atoms with Gasteiger partial charge in [0.1, 0.15) is 29.0 Å². The van der Waals surface area contributed by atoms with Crippen LogP contribution in [0.4, 0.5) is 4.79 Å². The van der Waals surface area contributed by atoms with Crippen LogP contribution in [0, 0.1) is 5.92 Å². The molecule has 2 aromatic carbocycles. The Balaban J connectivity index is 1.64. The van der Waals surface area contributed by atoms with Crippen molar-refractivity contribution in [2.24, 2.45) is 11.7 Å². The van der Waals surface area contributed by atoms with E-state index in [1.165, 1.54) is 4.57 Å². The molecule has 4 rings (SSSR count). The summed E-state index contributed by atoms with van der Waals surface area (Å²) in [4.78, 5) is 46.0. The number of benzene rings is 2. The predicted octanol–water partition coefficient (Wildman–Crippen LogP) is 5.31. The van der Waals surface area contributed by atoms with Crippen molar-refractivity contribution in [2.75, 3.05) is 20.3 Å². The van der Waals surface area contributed by atoms with Crippen molar-refractivity contribution in [1.82, 2.24) is 14.5 Å². The van der Waals surface area contributed by atoms with E-state index in [0.29, 0.717) is 53.4 Å². The molecular formula is C32H42N4O6. The largest absolute Gasteiger partial charge is 0.497 e. The van der Waals surface area contributed by atoms with Gasteiger partial charge in [-0.2, -0.15) is 0 Å². The minimum Gasteiger partial charge on any atom is -0.497 e. The van der Waals surface area contributed by atoms with E-state index < -0.39 is 17.6 Å². The Bertz CT molecular complexity index is 1490. The zero-order valence-electron chi connectivity index (χ0n) is 25.4. The molecule has 2 unspecified atom stereocenters. The fourth-order valence-electron chi connectivity index (χ4n) is 5.42. The number of rotatable bonds is 9. The lowest BCUT2D eigenvalue weighted by Crippen LogP contribution is -2.46. The van der Waals surface area contributed by atoms with Gasteiger partial charge in [-0.15, -0.1) is 0 Å². The van der Waals surface area contributed by atoms with Crippen LogP contribution in [0.25, 0.3) is 22.3 Å². The highest BCUT2D eigenvalue weighted by atomic mass is 16.6. The molecule has 2 amide bonds. The van der Waals surface area contributed by atoms with Crippen molar-refractivity contribution in [3.05, 3.63) is 52.8 Å². The fraction of sp³-hybridized carbons (Fsp3) is 0.500. The van der Waals surface area contributed by atoms with Crippen LogP contribution in [-0.4, -0.2) is 58.4 Å². The minimum absolute atomic E-state index is 0.0146. The minimum atomic E-state index is -0.912. The number of carbonyl (C=O) groups is 2. The van der Waals surface area contributed by atoms with E-state index in [1.807, 2.05) is 40.7 Å². The summed E-state index contributed by atoms with van der Waals surface area (Å²) in [6.07, 6.45) is 3.20. The number of nitrogens with two attached hydrogens (primary N) is 1. The third kappa shape index (κ3) is 7.03. The number of piperidine rings is 1. The highest BCUT2D eigenvalue weighted by Crippen LogP contribution is 2.29. The summed E-state index contributed by atoms with van der Waals surface area (Å²) >= 11 is 0. The number of likely N-dealkylation sites (tertiary alicyclic amines) is 1. The second-order valence-corrected chi connectivity index (χ2v) is 12.1. The highest BCUT2D eigenvalue weighted by Gasteiger charge is 2.31. The third-order valence-corrected chi connectivity index (χ3v) is 7.38. The van der Waals surface area contributed by atoms with Gasteiger partial charge in [0.05, 0.1) is 24.6 Å². The van der Waals surface area contributed by atoms with Gasteiger partial charge < -0.3 is 24.8 Å². The molecule has 1 aliphatic rings.